The lowest BCUT2D eigenvalue weighted by atomic mass is 10.4. The first kappa shape index (κ1) is 4.44. The van der Waals surface area contributed by atoms with Crippen LogP contribution >= 0.6 is 0 Å². The average molecular weight is 96.1 g/mol. The van der Waals surface area contributed by atoms with Gasteiger partial charge >= 0.3 is 0 Å². The van der Waals surface area contributed by atoms with Gasteiger partial charge < -0.3 is 4.74 Å². The van der Waals surface area contributed by atoms with E-state index in [4.69, 9.17) is 4.74 Å². The average Bonchev–Trinajstić information content (AvgIpc) is 1.87. The van der Waals surface area contributed by atoms with E-state index in [-0.39, 0.29) is 6.10 Å². The first-order chi connectivity index (χ1) is 3.29. The molecule has 0 N–H and O–H groups in total. The molecule has 1 rings (SSSR count). The second kappa shape index (κ2) is 1.41. The third-order valence-electron chi connectivity index (χ3n) is 0.890. The molecule has 0 bridgehead atoms. The van der Waals surface area contributed by atoms with Crippen LogP contribution in [-0.2, 0) is 4.74 Å². The lowest BCUT2D eigenvalue weighted by molar-refractivity contribution is 0.199. The molecule has 0 spiro atoms. The van der Waals surface area contributed by atoms with Crippen LogP contribution in [0.4, 0.5) is 0 Å². The second-order valence-corrected chi connectivity index (χ2v) is 1.65. The standard InChI is InChI=1S/C6H8O/c1-5-3-4-6(2)7-5/h3-4,6H,1H2,2H3. The zero-order chi connectivity index (χ0) is 5.28. The Bertz CT molecular complexity index is 113. The van der Waals surface area contributed by atoms with Crippen LogP contribution in [0.1, 0.15) is 6.92 Å². The third-order valence-corrected chi connectivity index (χ3v) is 0.890. The zero-order valence-electron chi connectivity index (χ0n) is 4.35. The van der Waals surface area contributed by atoms with Gasteiger partial charge in [0.2, 0.25) is 0 Å². The Morgan fingerprint density at radius 2 is 2.57 bits per heavy atom. The Labute approximate surface area is 43.3 Å². The third kappa shape index (κ3) is 0.829. The first-order valence-electron chi connectivity index (χ1n) is 2.33. The summed E-state index contributed by atoms with van der Waals surface area (Å²) in [7, 11) is 0. The van der Waals surface area contributed by atoms with Crippen molar-refractivity contribution in [3.05, 3.63) is 24.5 Å². The number of allylic oxidation sites excluding steroid dienone is 1. The van der Waals surface area contributed by atoms with Crippen molar-refractivity contribution < 1.29 is 4.74 Å². The zero-order valence-corrected chi connectivity index (χ0v) is 4.35. The molecule has 0 amide bonds. The molecule has 0 aliphatic carbocycles. The largest absolute Gasteiger partial charge is 0.487 e. The molecule has 38 valence electrons. The highest BCUT2D eigenvalue weighted by Crippen LogP contribution is 2.10. The lowest BCUT2D eigenvalue weighted by Gasteiger charge is -1.99. The summed E-state index contributed by atoms with van der Waals surface area (Å²) in [4.78, 5) is 0. The van der Waals surface area contributed by atoms with Crippen LogP contribution < -0.4 is 0 Å². The van der Waals surface area contributed by atoms with Crippen molar-refractivity contribution in [2.45, 2.75) is 13.0 Å². The van der Waals surface area contributed by atoms with Gasteiger partial charge in [-0.25, -0.2) is 0 Å². The Kier molecular flexibility index (Phi) is 0.895. The maximum Gasteiger partial charge on any atom is 0.114 e. The monoisotopic (exact) mass is 96.1 g/mol. The highest BCUT2D eigenvalue weighted by molar-refractivity contribution is 5.15. The fraction of sp³-hybridized carbons (Fsp3) is 0.333. The van der Waals surface area contributed by atoms with E-state index >= 15 is 0 Å². The van der Waals surface area contributed by atoms with Crippen LogP contribution in [0.5, 0.6) is 0 Å². The van der Waals surface area contributed by atoms with Gasteiger partial charge in [0.1, 0.15) is 11.9 Å². The Balaban J connectivity index is 2.58. The molecular formula is C6H8O. The lowest BCUT2D eigenvalue weighted by Crippen LogP contribution is -1.93. The number of ether oxygens (including phenoxy) is 1. The second-order valence-electron chi connectivity index (χ2n) is 1.65. The van der Waals surface area contributed by atoms with Gasteiger partial charge in [-0.1, -0.05) is 6.58 Å². The molecule has 0 aromatic rings. The molecule has 1 aliphatic rings. The molecule has 0 aromatic heterocycles. The van der Waals surface area contributed by atoms with E-state index in [2.05, 4.69) is 6.58 Å². The maximum absolute atomic E-state index is 5.06. The summed E-state index contributed by atoms with van der Waals surface area (Å²) in [6.45, 7) is 5.58. The minimum Gasteiger partial charge on any atom is -0.487 e. The van der Waals surface area contributed by atoms with E-state index in [0.717, 1.165) is 5.76 Å². The van der Waals surface area contributed by atoms with Crippen molar-refractivity contribution >= 4 is 0 Å². The van der Waals surface area contributed by atoms with Gasteiger partial charge in [0.25, 0.3) is 0 Å². The molecule has 1 heteroatoms. The van der Waals surface area contributed by atoms with E-state index < -0.39 is 0 Å². The summed E-state index contributed by atoms with van der Waals surface area (Å²) in [5, 5.41) is 0. The molecule has 1 unspecified atom stereocenters. The summed E-state index contributed by atoms with van der Waals surface area (Å²) in [6.07, 6.45) is 4.10. The molecule has 0 saturated carbocycles. The van der Waals surface area contributed by atoms with Gasteiger partial charge in [-0.3, -0.25) is 0 Å². The fourth-order valence-electron chi connectivity index (χ4n) is 0.560. The molecular weight excluding hydrogens is 88.1 g/mol. The van der Waals surface area contributed by atoms with Crippen molar-refractivity contribution in [3.8, 4) is 0 Å². The summed E-state index contributed by atoms with van der Waals surface area (Å²) in [5.74, 6) is 0.771. The highest BCUT2D eigenvalue weighted by atomic mass is 16.5. The Hall–Kier alpha value is -0.720. The molecule has 1 nitrogen and oxygen atoms in total. The van der Waals surface area contributed by atoms with Crippen LogP contribution in [0.25, 0.3) is 0 Å². The Morgan fingerprint density at radius 1 is 1.86 bits per heavy atom. The minimum atomic E-state index is 0.243. The van der Waals surface area contributed by atoms with Crippen molar-refractivity contribution in [2.75, 3.05) is 0 Å². The normalized spacial score (nSPS) is 28.1. The van der Waals surface area contributed by atoms with Crippen LogP contribution in [-0.4, -0.2) is 6.10 Å². The molecule has 0 aromatic carbocycles. The number of hydrogen-bond donors (Lipinski definition) is 0. The van der Waals surface area contributed by atoms with Crippen molar-refractivity contribution in [2.24, 2.45) is 0 Å². The highest BCUT2D eigenvalue weighted by Gasteiger charge is 2.03. The Morgan fingerprint density at radius 3 is 2.71 bits per heavy atom. The molecule has 7 heavy (non-hydrogen) atoms. The van der Waals surface area contributed by atoms with Crippen molar-refractivity contribution in [1.29, 1.82) is 0 Å². The molecule has 1 aliphatic heterocycles. The van der Waals surface area contributed by atoms with Gasteiger partial charge in [-0.15, -0.1) is 0 Å². The van der Waals surface area contributed by atoms with Gasteiger partial charge in [-0.2, -0.15) is 0 Å². The van der Waals surface area contributed by atoms with E-state index in [9.17, 15) is 0 Å². The maximum atomic E-state index is 5.06. The molecule has 1 atom stereocenters. The van der Waals surface area contributed by atoms with Crippen molar-refractivity contribution in [1.82, 2.24) is 0 Å². The van der Waals surface area contributed by atoms with Gasteiger partial charge in [0.05, 0.1) is 0 Å². The smallest absolute Gasteiger partial charge is 0.114 e. The number of hydrogen-bond acceptors (Lipinski definition) is 1. The predicted molar refractivity (Wildman–Crippen MR) is 28.8 cm³/mol. The molecule has 0 saturated heterocycles. The van der Waals surface area contributed by atoms with Crippen LogP contribution in [0.2, 0.25) is 0 Å². The van der Waals surface area contributed by atoms with E-state index in [0.29, 0.717) is 0 Å². The molecule has 1 heterocycles. The van der Waals surface area contributed by atoms with Gasteiger partial charge in [0.15, 0.2) is 0 Å². The van der Waals surface area contributed by atoms with E-state index in [1.54, 1.807) is 0 Å². The van der Waals surface area contributed by atoms with E-state index in [1.807, 2.05) is 19.1 Å². The summed E-state index contributed by atoms with van der Waals surface area (Å²) in [6, 6.07) is 0. The van der Waals surface area contributed by atoms with E-state index in [1.165, 1.54) is 0 Å². The van der Waals surface area contributed by atoms with Crippen molar-refractivity contribution in [3.63, 3.8) is 0 Å². The SMILES string of the molecule is C=C1C=CC(C)O1. The first-order valence-corrected chi connectivity index (χ1v) is 2.33. The summed E-state index contributed by atoms with van der Waals surface area (Å²) >= 11 is 0. The predicted octanol–water partition coefficient (Wildman–Crippen LogP) is 1.47. The summed E-state index contributed by atoms with van der Waals surface area (Å²) in [5.41, 5.74) is 0. The molecule has 0 radical (unpaired) electrons. The topological polar surface area (TPSA) is 9.23 Å². The van der Waals surface area contributed by atoms with Crippen LogP contribution in [0.15, 0.2) is 24.5 Å². The number of rotatable bonds is 0. The quantitative estimate of drug-likeness (QED) is 0.443. The van der Waals surface area contributed by atoms with Gasteiger partial charge in [0, 0.05) is 0 Å². The molecule has 0 fully saturated rings. The van der Waals surface area contributed by atoms with Crippen LogP contribution in [0.3, 0.4) is 0 Å². The van der Waals surface area contributed by atoms with Gasteiger partial charge in [-0.05, 0) is 19.1 Å². The summed E-state index contributed by atoms with van der Waals surface area (Å²) < 4.78 is 5.06. The minimum absolute atomic E-state index is 0.243. The van der Waals surface area contributed by atoms with Crippen LogP contribution in [0, 0.1) is 0 Å². The fourth-order valence-corrected chi connectivity index (χ4v) is 0.560.